The van der Waals surface area contributed by atoms with Gasteiger partial charge >= 0.3 is 0 Å². The Hall–Kier alpha value is -1.11. The van der Waals surface area contributed by atoms with E-state index in [4.69, 9.17) is 4.74 Å². The topological polar surface area (TPSA) is 53.6 Å². The largest absolute Gasteiger partial charge is 0.496 e. The fourth-order valence-electron chi connectivity index (χ4n) is 2.59. The molecule has 1 amide bonds. The number of methoxy groups -OCH3 is 1. The smallest absolute Gasteiger partial charge is 0.224 e. The maximum atomic E-state index is 12.0. The number of carbonyl (C=O) groups excluding carboxylic acids is 1. The number of nitrogens with one attached hydrogen (secondary N) is 2. The average molecular weight is 370 g/mol. The van der Waals surface area contributed by atoms with E-state index in [1.54, 1.807) is 7.11 Å². The van der Waals surface area contributed by atoms with Crippen molar-refractivity contribution in [3.05, 3.63) is 28.2 Å². The number of ether oxygens (including phenoxy) is 1. The number of amides is 1. The van der Waals surface area contributed by atoms with Gasteiger partial charge in [0.2, 0.25) is 5.91 Å². The monoisotopic (exact) mass is 369 g/mol. The van der Waals surface area contributed by atoms with Crippen LogP contribution in [-0.4, -0.2) is 57.2 Å². The third-order valence-electron chi connectivity index (χ3n) is 3.78. The van der Waals surface area contributed by atoms with Crippen LogP contribution >= 0.6 is 15.9 Å². The van der Waals surface area contributed by atoms with Gasteiger partial charge in [0.25, 0.3) is 0 Å². The fourth-order valence-corrected chi connectivity index (χ4v) is 2.99. The highest BCUT2D eigenvalue weighted by Gasteiger charge is 2.11. The van der Waals surface area contributed by atoms with Gasteiger partial charge in [-0.2, -0.15) is 0 Å². The predicted molar refractivity (Wildman–Crippen MR) is 91.3 cm³/mol. The Labute approximate surface area is 140 Å². The fraction of sp³-hybridized carbons (Fsp3) is 0.562. The summed E-state index contributed by atoms with van der Waals surface area (Å²) >= 11 is 3.43. The zero-order valence-corrected chi connectivity index (χ0v) is 14.6. The second-order valence-electron chi connectivity index (χ2n) is 5.43. The number of carbonyl (C=O) groups is 1. The molecule has 2 N–H and O–H groups in total. The number of hydrogen-bond donors (Lipinski definition) is 2. The first kappa shape index (κ1) is 17.2. The Morgan fingerprint density at radius 1 is 1.41 bits per heavy atom. The summed E-state index contributed by atoms with van der Waals surface area (Å²) < 4.78 is 6.25. The molecule has 0 spiro atoms. The molecule has 0 aliphatic carbocycles. The van der Waals surface area contributed by atoms with Gasteiger partial charge in [0.15, 0.2) is 0 Å². The molecule has 22 heavy (non-hydrogen) atoms. The first-order valence-corrected chi connectivity index (χ1v) is 8.50. The lowest BCUT2D eigenvalue weighted by Crippen LogP contribution is -2.44. The van der Waals surface area contributed by atoms with Crippen LogP contribution in [0.2, 0.25) is 0 Å². The van der Waals surface area contributed by atoms with Crippen LogP contribution < -0.4 is 15.4 Å². The van der Waals surface area contributed by atoms with Crippen LogP contribution in [0, 0.1) is 0 Å². The number of benzene rings is 1. The number of halogens is 1. The zero-order chi connectivity index (χ0) is 15.8. The van der Waals surface area contributed by atoms with Crippen molar-refractivity contribution < 1.29 is 9.53 Å². The molecule has 1 saturated heterocycles. The standard InChI is InChI=1S/C16H24BrN3O2/c1-22-15-4-3-14(17)11-13(15)12-16(21)19-5-2-8-20-9-6-18-7-10-20/h3-4,11,18H,2,5-10,12H2,1H3,(H,19,21). The van der Waals surface area contributed by atoms with Gasteiger partial charge in [0, 0.05) is 42.8 Å². The number of rotatable bonds is 7. The van der Waals surface area contributed by atoms with Gasteiger partial charge in [-0.3, -0.25) is 4.79 Å². The van der Waals surface area contributed by atoms with Crippen LogP contribution in [0.3, 0.4) is 0 Å². The van der Waals surface area contributed by atoms with Crippen LogP contribution in [0.1, 0.15) is 12.0 Å². The van der Waals surface area contributed by atoms with Crippen LogP contribution in [0.25, 0.3) is 0 Å². The van der Waals surface area contributed by atoms with E-state index in [9.17, 15) is 4.79 Å². The van der Waals surface area contributed by atoms with Crippen molar-refractivity contribution in [2.24, 2.45) is 0 Å². The normalized spacial score (nSPS) is 15.5. The van der Waals surface area contributed by atoms with Gasteiger partial charge in [-0.05, 0) is 31.2 Å². The highest BCUT2D eigenvalue weighted by atomic mass is 79.9. The highest BCUT2D eigenvalue weighted by Crippen LogP contribution is 2.23. The van der Waals surface area contributed by atoms with Gasteiger partial charge in [-0.25, -0.2) is 0 Å². The summed E-state index contributed by atoms with van der Waals surface area (Å²) in [7, 11) is 1.62. The Morgan fingerprint density at radius 3 is 2.91 bits per heavy atom. The lowest BCUT2D eigenvalue weighted by molar-refractivity contribution is -0.120. The van der Waals surface area contributed by atoms with Crippen LogP contribution in [0.5, 0.6) is 5.75 Å². The molecule has 1 aromatic rings. The molecule has 0 saturated carbocycles. The minimum atomic E-state index is 0.0386. The average Bonchev–Trinajstić information content (AvgIpc) is 2.53. The summed E-state index contributed by atoms with van der Waals surface area (Å²) in [5.41, 5.74) is 0.900. The summed E-state index contributed by atoms with van der Waals surface area (Å²) in [5, 5.41) is 6.33. The molecule has 1 fully saturated rings. The summed E-state index contributed by atoms with van der Waals surface area (Å²) in [6, 6.07) is 5.71. The van der Waals surface area contributed by atoms with E-state index >= 15 is 0 Å². The third kappa shape index (κ3) is 5.59. The first-order chi connectivity index (χ1) is 10.7. The molecule has 1 aromatic carbocycles. The Balaban J connectivity index is 1.70. The second kappa shape index (κ2) is 9.12. The molecule has 5 nitrogen and oxygen atoms in total. The highest BCUT2D eigenvalue weighted by molar-refractivity contribution is 9.10. The molecular formula is C16H24BrN3O2. The summed E-state index contributed by atoms with van der Waals surface area (Å²) in [4.78, 5) is 14.5. The van der Waals surface area contributed by atoms with Crippen LogP contribution in [0.4, 0.5) is 0 Å². The lowest BCUT2D eigenvalue weighted by Gasteiger charge is -2.27. The Kier molecular flexibility index (Phi) is 7.15. The van der Waals surface area contributed by atoms with Gasteiger partial charge in [0.1, 0.15) is 5.75 Å². The quantitative estimate of drug-likeness (QED) is 0.713. The van der Waals surface area contributed by atoms with Gasteiger partial charge < -0.3 is 20.3 Å². The third-order valence-corrected chi connectivity index (χ3v) is 4.27. The van der Waals surface area contributed by atoms with E-state index in [0.29, 0.717) is 6.42 Å². The zero-order valence-electron chi connectivity index (χ0n) is 13.0. The molecule has 1 heterocycles. The molecule has 122 valence electrons. The maximum Gasteiger partial charge on any atom is 0.224 e. The van der Waals surface area contributed by atoms with E-state index < -0.39 is 0 Å². The summed E-state index contributed by atoms with van der Waals surface area (Å²) in [5.74, 6) is 0.788. The molecule has 1 aliphatic heterocycles. The van der Waals surface area contributed by atoms with E-state index in [-0.39, 0.29) is 5.91 Å². The van der Waals surface area contributed by atoms with E-state index in [1.807, 2.05) is 18.2 Å². The van der Waals surface area contributed by atoms with Crippen molar-refractivity contribution in [3.63, 3.8) is 0 Å². The SMILES string of the molecule is COc1ccc(Br)cc1CC(=O)NCCCN1CCNCC1. The molecule has 6 heteroatoms. The Bertz CT molecular complexity index is 490. The predicted octanol–water partition coefficient (Wildman–Crippen LogP) is 1.41. The van der Waals surface area contributed by atoms with Crippen LogP contribution in [-0.2, 0) is 11.2 Å². The first-order valence-electron chi connectivity index (χ1n) is 7.71. The van der Waals surface area contributed by atoms with Gasteiger partial charge in [-0.1, -0.05) is 15.9 Å². The Morgan fingerprint density at radius 2 is 2.18 bits per heavy atom. The minimum Gasteiger partial charge on any atom is -0.496 e. The summed E-state index contributed by atoms with van der Waals surface area (Å²) in [6.45, 7) is 6.09. The van der Waals surface area contributed by atoms with Crippen molar-refractivity contribution in [1.82, 2.24) is 15.5 Å². The second-order valence-corrected chi connectivity index (χ2v) is 6.34. The summed E-state index contributed by atoms with van der Waals surface area (Å²) in [6.07, 6.45) is 1.33. The van der Waals surface area contributed by atoms with Crippen molar-refractivity contribution in [3.8, 4) is 5.75 Å². The van der Waals surface area contributed by atoms with E-state index in [1.165, 1.54) is 0 Å². The van der Waals surface area contributed by atoms with Crippen molar-refractivity contribution in [1.29, 1.82) is 0 Å². The molecule has 2 rings (SSSR count). The number of piperazine rings is 1. The van der Waals surface area contributed by atoms with Crippen molar-refractivity contribution in [2.45, 2.75) is 12.8 Å². The van der Waals surface area contributed by atoms with Crippen molar-refractivity contribution >= 4 is 21.8 Å². The number of hydrogen-bond acceptors (Lipinski definition) is 4. The number of nitrogens with zero attached hydrogens (tertiary/aromatic N) is 1. The molecule has 0 aromatic heterocycles. The van der Waals surface area contributed by atoms with E-state index in [2.05, 4.69) is 31.5 Å². The molecule has 0 radical (unpaired) electrons. The van der Waals surface area contributed by atoms with Crippen molar-refractivity contribution in [2.75, 3.05) is 46.4 Å². The molecular weight excluding hydrogens is 346 g/mol. The lowest BCUT2D eigenvalue weighted by atomic mass is 10.1. The maximum absolute atomic E-state index is 12.0. The van der Waals surface area contributed by atoms with Gasteiger partial charge in [-0.15, -0.1) is 0 Å². The molecule has 1 aliphatic rings. The molecule has 0 bridgehead atoms. The van der Waals surface area contributed by atoms with Gasteiger partial charge in [0.05, 0.1) is 13.5 Å². The molecule has 0 unspecified atom stereocenters. The minimum absolute atomic E-state index is 0.0386. The van der Waals surface area contributed by atoms with E-state index in [0.717, 1.165) is 61.5 Å². The van der Waals surface area contributed by atoms with Crippen LogP contribution in [0.15, 0.2) is 22.7 Å². The molecule has 0 atom stereocenters.